The van der Waals surface area contributed by atoms with E-state index in [-0.39, 0.29) is 11.4 Å². The Hall–Kier alpha value is -3.67. The molecule has 0 aromatic heterocycles. The number of nitro benzene ring substituents is 1. The monoisotopic (exact) mass is 472 g/mol. The lowest BCUT2D eigenvalue weighted by Gasteiger charge is -2.20. The van der Waals surface area contributed by atoms with Crippen LogP contribution < -0.4 is 10.2 Å². The van der Waals surface area contributed by atoms with Gasteiger partial charge >= 0.3 is 0 Å². The smallest absolute Gasteiger partial charge is 0.292 e. The summed E-state index contributed by atoms with van der Waals surface area (Å²) in [5, 5.41) is 22.3. The molecule has 2 aliphatic rings. The molecule has 0 radical (unpaired) electrons. The van der Waals surface area contributed by atoms with E-state index in [1.54, 1.807) is 30.3 Å². The topological polar surface area (TPSA) is 138 Å². The standard InChI is InChI=1S/C18H13BrN6O5/c19-10-5-7-11(8-6-10)24-17(27)15-16(18(24)28)23(22-21-15)9-14(26)20-12-3-1-2-4-13(12)25(29)30/h1-8,15-16H,9H2,(H,20,26). The highest BCUT2D eigenvalue weighted by molar-refractivity contribution is 9.10. The van der Waals surface area contributed by atoms with Crippen LogP contribution in [0.25, 0.3) is 0 Å². The Bertz CT molecular complexity index is 1090. The second-order valence-electron chi connectivity index (χ2n) is 6.50. The molecular formula is C18H13BrN6O5. The van der Waals surface area contributed by atoms with Gasteiger partial charge in [0, 0.05) is 10.5 Å². The molecule has 0 spiro atoms. The molecule has 2 aromatic carbocycles. The number of nitrogens with zero attached hydrogens (tertiary/aromatic N) is 5. The molecular weight excluding hydrogens is 460 g/mol. The van der Waals surface area contributed by atoms with Crippen LogP contribution >= 0.6 is 15.9 Å². The molecule has 4 rings (SSSR count). The van der Waals surface area contributed by atoms with Crippen molar-refractivity contribution in [3.8, 4) is 0 Å². The fraction of sp³-hybridized carbons (Fsp3) is 0.167. The molecule has 12 heteroatoms. The van der Waals surface area contributed by atoms with Crippen LogP contribution in [0.4, 0.5) is 17.1 Å². The molecule has 2 atom stereocenters. The van der Waals surface area contributed by atoms with Gasteiger partial charge in [-0.2, -0.15) is 5.11 Å². The third-order valence-electron chi connectivity index (χ3n) is 4.62. The number of rotatable bonds is 5. The van der Waals surface area contributed by atoms with Gasteiger partial charge in [0.25, 0.3) is 17.5 Å². The zero-order valence-electron chi connectivity index (χ0n) is 15.1. The number of imide groups is 1. The SMILES string of the molecule is O=C(CN1N=NC2C(=O)N(c3ccc(Br)cc3)C(=O)C21)Nc1ccccc1[N+](=O)[O-]. The highest BCUT2D eigenvalue weighted by Crippen LogP contribution is 2.32. The third-order valence-corrected chi connectivity index (χ3v) is 5.15. The van der Waals surface area contributed by atoms with Crippen LogP contribution in [-0.2, 0) is 14.4 Å². The Balaban J connectivity index is 1.50. The summed E-state index contributed by atoms with van der Waals surface area (Å²) in [6.45, 7) is -0.399. The van der Waals surface area contributed by atoms with Crippen molar-refractivity contribution < 1.29 is 19.3 Å². The minimum Gasteiger partial charge on any atom is -0.319 e. The number of fused-ring (bicyclic) bond motifs is 1. The van der Waals surface area contributed by atoms with Crippen LogP contribution in [-0.4, -0.2) is 46.3 Å². The Morgan fingerprint density at radius 2 is 1.83 bits per heavy atom. The maximum atomic E-state index is 12.9. The number of hydrogen-bond donors (Lipinski definition) is 1. The first-order valence-electron chi connectivity index (χ1n) is 8.71. The number of nitro groups is 1. The number of anilines is 2. The summed E-state index contributed by atoms with van der Waals surface area (Å²) in [5.74, 6) is -1.71. The summed E-state index contributed by atoms with van der Waals surface area (Å²) in [6, 6.07) is 10.2. The Morgan fingerprint density at radius 3 is 2.53 bits per heavy atom. The Morgan fingerprint density at radius 1 is 1.13 bits per heavy atom. The Kier molecular flexibility index (Phi) is 4.99. The van der Waals surface area contributed by atoms with Crippen molar-refractivity contribution in [2.24, 2.45) is 10.3 Å². The highest BCUT2D eigenvalue weighted by atomic mass is 79.9. The molecule has 2 heterocycles. The molecule has 30 heavy (non-hydrogen) atoms. The van der Waals surface area contributed by atoms with Crippen molar-refractivity contribution in [1.82, 2.24) is 5.01 Å². The maximum absolute atomic E-state index is 12.9. The van der Waals surface area contributed by atoms with E-state index in [2.05, 4.69) is 31.6 Å². The average molecular weight is 473 g/mol. The quantitative estimate of drug-likeness (QED) is 0.402. The third kappa shape index (κ3) is 3.41. The Labute approximate surface area is 177 Å². The number of hydrogen-bond acceptors (Lipinski definition) is 8. The summed E-state index contributed by atoms with van der Waals surface area (Å²) in [5.41, 5.74) is 0.146. The summed E-state index contributed by atoms with van der Waals surface area (Å²) < 4.78 is 0.790. The van der Waals surface area contributed by atoms with E-state index >= 15 is 0 Å². The maximum Gasteiger partial charge on any atom is 0.292 e. The van der Waals surface area contributed by atoms with Crippen molar-refractivity contribution in [2.75, 3.05) is 16.8 Å². The number of para-hydroxylation sites is 2. The normalized spacial score (nSPS) is 19.9. The van der Waals surface area contributed by atoms with E-state index in [9.17, 15) is 24.5 Å². The molecule has 2 unspecified atom stereocenters. The molecule has 2 aliphatic heterocycles. The van der Waals surface area contributed by atoms with Crippen molar-refractivity contribution in [2.45, 2.75) is 12.1 Å². The van der Waals surface area contributed by atoms with Gasteiger partial charge in [-0.15, -0.1) is 0 Å². The van der Waals surface area contributed by atoms with Gasteiger partial charge in [0.2, 0.25) is 5.91 Å². The average Bonchev–Trinajstić information content (AvgIpc) is 3.23. The number of amides is 3. The molecule has 0 bridgehead atoms. The van der Waals surface area contributed by atoms with Crippen molar-refractivity contribution in [3.63, 3.8) is 0 Å². The fourth-order valence-corrected chi connectivity index (χ4v) is 3.54. The van der Waals surface area contributed by atoms with E-state index in [0.29, 0.717) is 5.69 Å². The van der Waals surface area contributed by atoms with Gasteiger partial charge < -0.3 is 5.32 Å². The number of benzene rings is 2. The van der Waals surface area contributed by atoms with Crippen LogP contribution in [0.5, 0.6) is 0 Å². The van der Waals surface area contributed by atoms with Gasteiger partial charge in [-0.25, -0.2) is 4.90 Å². The van der Waals surface area contributed by atoms with Gasteiger partial charge in [-0.1, -0.05) is 33.3 Å². The first-order chi connectivity index (χ1) is 14.4. The number of carbonyl (C=O) groups is 3. The summed E-state index contributed by atoms with van der Waals surface area (Å²) in [7, 11) is 0. The fourth-order valence-electron chi connectivity index (χ4n) is 3.27. The zero-order valence-corrected chi connectivity index (χ0v) is 16.7. The number of nitrogens with one attached hydrogen (secondary N) is 1. The van der Waals surface area contributed by atoms with Crippen molar-refractivity contribution in [3.05, 3.63) is 63.1 Å². The van der Waals surface area contributed by atoms with Gasteiger partial charge in [0.1, 0.15) is 12.2 Å². The molecule has 1 N–H and O–H groups in total. The summed E-state index contributed by atoms with van der Waals surface area (Å²) >= 11 is 3.29. The second kappa shape index (κ2) is 7.63. The summed E-state index contributed by atoms with van der Waals surface area (Å²) in [6.07, 6.45) is 0. The minimum atomic E-state index is -1.04. The molecule has 0 aliphatic carbocycles. The lowest BCUT2D eigenvalue weighted by Crippen LogP contribution is -2.43. The van der Waals surface area contributed by atoms with Crippen LogP contribution in [0.15, 0.2) is 63.3 Å². The van der Waals surface area contributed by atoms with Gasteiger partial charge in [0.15, 0.2) is 12.1 Å². The van der Waals surface area contributed by atoms with E-state index in [4.69, 9.17) is 0 Å². The van der Waals surface area contributed by atoms with Crippen LogP contribution in [0.2, 0.25) is 0 Å². The zero-order chi connectivity index (χ0) is 21.4. The first-order valence-corrected chi connectivity index (χ1v) is 9.50. The van der Waals surface area contributed by atoms with E-state index < -0.39 is 41.3 Å². The predicted molar refractivity (Wildman–Crippen MR) is 107 cm³/mol. The van der Waals surface area contributed by atoms with E-state index in [0.717, 1.165) is 14.4 Å². The lowest BCUT2D eigenvalue weighted by atomic mass is 10.1. The molecule has 3 amide bonds. The van der Waals surface area contributed by atoms with Crippen LogP contribution in [0.1, 0.15) is 0 Å². The molecule has 0 saturated carbocycles. The minimum absolute atomic E-state index is 0.0190. The van der Waals surface area contributed by atoms with Crippen molar-refractivity contribution >= 4 is 50.7 Å². The van der Waals surface area contributed by atoms with E-state index in [1.807, 2.05) is 0 Å². The molecule has 2 aromatic rings. The second-order valence-corrected chi connectivity index (χ2v) is 7.42. The van der Waals surface area contributed by atoms with Crippen LogP contribution in [0, 0.1) is 10.1 Å². The lowest BCUT2D eigenvalue weighted by molar-refractivity contribution is -0.383. The molecule has 152 valence electrons. The molecule has 1 saturated heterocycles. The largest absolute Gasteiger partial charge is 0.319 e. The predicted octanol–water partition coefficient (Wildman–Crippen LogP) is 2.29. The molecule has 11 nitrogen and oxygen atoms in total. The van der Waals surface area contributed by atoms with Crippen molar-refractivity contribution in [1.29, 1.82) is 0 Å². The number of carbonyl (C=O) groups excluding carboxylic acids is 3. The first kappa shape index (κ1) is 19.6. The number of halogens is 1. The molecule has 1 fully saturated rings. The van der Waals surface area contributed by atoms with Gasteiger partial charge in [-0.05, 0) is 30.3 Å². The van der Waals surface area contributed by atoms with Gasteiger partial charge in [-0.3, -0.25) is 29.5 Å². The summed E-state index contributed by atoms with van der Waals surface area (Å²) in [4.78, 5) is 49.5. The van der Waals surface area contributed by atoms with Crippen LogP contribution in [0.3, 0.4) is 0 Å². The van der Waals surface area contributed by atoms with Gasteiger partial charge in [0.05, 0.1) is 10.6 Å². The highest BCUT2D eigenvalue weighted by Gasteiger charge is 2.55. The van der Waals surface area contributed by atoms with E-state index in [1.165, 1.54) is 18.2 Å².